The lowest BCUT2D eigenvalue weighted by Crippen LogP contribution is -2.28. The van der Waals surface area contributed by atoms with Gasteiger partial charge in [-0.25, -0.2) is 27.6 Å². The average molecular weight is 382 g/mol. The Morgan fingerprint density at radius 3 is 1.93 bits per heavy atom. The first-order chi connectivity index (χ1) is 12.9. The van der Waals surface area contributed by atoms with Crippen molar-refractivity contribution in [3.63, 3.8) is 0 Å². The highest BCUT2D eigenvalue weighted by atomic mass is 32.2. The SMILES string of the molecule is CN(C)S(=O)(=O)c1cccc(C(=O)N(c2ccccn2)c2ccccn2)c1. The molecular weight excluding hydrogens is 364 g/mol. The lowest BCUT2D eigenvalue weighted by Gasteiger charge is -2.21. The first-order valence-corrected chi connectivity index (χ1v) is 9.54. The van der Waals surface area contributed by atoms with Crippen molar-refractivity contribution in [2.75, 3.05) is 19.0 Å². The van der Waals surface area contributed by atoms with Gasteiger partial charge in [0.25, 0.3) is 5.91 Å². The Labute approximate surface area is 158 Å². The number of benzene rings is 1. The van der Waals surface area contributed by atoms with Gasteiger partial charge >= 0.3 is 0 Å². The van der Waals surface area contributed by atoms with Crippen LogP contribution in [0.1, 0.15) is 10.4 Å². The van der Waals surface area contributed by atoms with E-state index in [1.54, 1.807) is 60.9 Å². The molecule has 138 valence electrons. The van der Waals surface area contributed by atoms with Gasteiger partial charge in [-0.05, 0) is 42.5 Å². The van der Waals surface area contributed by atoms with Crippen LogP contribution in [0.5, 0.6) is 0 Å². The molecule has 0 N–H and O–H groups in total. The second-order valence-corrected chi connectivity index (χ2v) is 7.98. The molecule has 2 aromatic heterocycles. The van der Waals surface area contributed by atoms with Crippen LogP contribution in [0.3, 0.4) is 0 Å². The van der Waals surface area contributed by atoms with E-state index in [4.69, 9.17) is 0 Å². The number of rotatable bonds is 5. The molecule has 1 amide bonds. The van der Waals surface area contributed by atoms with Crippen molar-refractivity contribution in [1.82, 2.24) is 14.3 Å². The number of aromatic nitrogens is 2. The summed E-state index contributed by atoms with van der Waals surface area (Å²) < 4.78 is 25.9. The molecule has 3 aromatic rings. The summed E-state index contributed by atoms with van der Waals surface area (Å²) in [5, 5.41) is 0. The first kappa shape index (κ1) is 18.7. The summed E-state index contributed by atoms with van der Waals surface area (Å²) in [6.45, 7) is 0. The molecule has 0 bridgehead atoms. The predicted molar refractivity (Wildman–Crippen MR) is 102 cm³/mol. The molecule has 0 unspecified atom stereocenters. The van der Waals surface area contributed by atoms with Crippen LogP contribution in [-0.4, -0.2) is 42.7 Å². The van der Waals surface area contributed by atoms with Crippen molar-refractivity contribution in [2.45, 2.75) is 4.90 Å². The van der Waals surface area contributed by atoms with Gasteiger partial charge in [-0.2, -0.15) is 0 Å². The number of anilines is 2. The van der Waals surface area contributed by atoms with Crippen molar-refractivity contribution in [3.8, 4) is 0 Å². The van der Waals surface area contributed by atoms with Gasteiger partial charge < -0.3 is 0 Å². The molecule has 0 fully saturated rings. The van der Waals surface area contributed by atoms with Crippen LogP contribution in [0.2, 0.25) is 0 Å². The molecule has 8 heteroatoms. The van der Waals surface area contributed by atoms with E-state index >= 15 is 0 Å². The summed E-state index contributed by atoms with van der Waals surface area (Å²) in [7, 11) is -0.772. The van der Waals surface area contributed by atoms with E-state index in [0.29, 0.717) is 11.6 Å². The largest absolute Gasteiger partial charge is 0.268 e. The van der Waals surface area contributed by atoms with E-state index in [1.807, 2.05) is 0 Å². The zero-order chi connectivity index (χ0) is 19.4. The minimum absolute atomic E-state index is 0.0420. The number of carbonyl (C=O) groups excluding carboxylic acids is 1. The maximum absolute atomic E-state index is 13.2. The average Bonchev–Trinajstić information content (AvgIpc) is 2.70. The quantitative estimate of drug-likeness (QED) is 0.677. The van der Waals surface area contributed by atoms with E-state index in [0.717, 1.165) is 4.31 Å². The fourth-order valence-electron chi connectivity index (χ4n) is 2.43. The molecule has 0 aliphatic carbocycles. The van der Waals surface area contributed by atoms with Crippen molar-refractivity contribution in [2.24, 2.45) is 0 Å². The van der Waals surface area contributed by atoms with Gasteiger partial charge in [-0.15, -0.1) is 0 Å². The summed E-state index contributed by atoms with van der Waals surface area (Å²) in [6.07, 6.45) is 3.15. The van der Waals surface area contributed by atoms with Crippen LogP contribution >= 0.6 is 0 Å². The molecule has 3 rings (SSSR count). The Morgan fingerprint density at radius 1 is 0.852 bits per heavy atom. The third kappa shape index (κ3) is 3.86. The lowest BCUT2D eigenvalue weighted by molar-refractivity contribution is 0.0997. The number of pyridine rings is 2. The Bertz CT molecular complexity index is 999. The molecule has 0 aliphatic rings. The van der Waals surface area contributed by atoms with E-state index in [1.165, 1.54) is 31.1 Å². The fourth-order valence-corrected chi connectivity index (χ4v) is 3.38. The number of hydrogen-bond acceptors (Lipinski definition) is 5. The van der Waals surface area contributed by atoms with Crippen LogP contribution in [0, 0.1) is 0 Å². The van der Waals surface area contributed by atoms with Crippen LogP contribution in [0.15, 0.2) is 78.0 Å². The van der Waals surface area contributed by atoms with E-state index in [-0.39, 0.29) is 10.5 Å². The standard InChI is InChI=1S/C19H18N4O3S/c1-22(2)27(25,26)16-9-7-8-15(14-16)19(24)23(17-10-3-5-12-20-17)18-11-4-6-13-21-18/h3-14H,1-2H3. The molecule has 0 atom stereocenters. The van der Waals surface area contributed by atoms with Crippen molar-refractivity contribution < 1.29 is 13.2 Å². The maximum Gasteiger partial charge on any atom is 0.265 e. The zero-order valence-corrected chi connectivity index (χ0v) is 15.7. The van der Waals surface area contributed by atoms with Gasteiger partial charge in [0.2, 0.25) is 10.0 Å². The first-order valence-electron chi connectivity index (χ1n) is 8.10. The molecule has 0 saturated carbocycles. The summed E-state index contributed by atoms with van der Waals surface area (Å²) in [5.41, 5.74) is 0.217. The van der Waals surface area contributed by atoms with Crippen LogP contribution in [-0.2, 0) is 10.0 Å². The van der Waals surface area contributed by atoms with Gasteiger partial charge in [0.15, 0.2) is 0 Å². The van der Waals surface area contributed by atoms with Gasteiger partial charge in [0, 0.05) is 32.1 Å². The molecule has 7 nitrogen and oxygen atoms in total. The number of sulfonamides is 1. The number of carbonyl (C=O) groups is 1. The van der Waals surface area contributed by atoms with E-state index in [9.17, 15) is 13.2 Å². The maximum atomic E-state index is 13.2. The predicted octanol–water partition coefficient (Wildman–Crippen LogP) is 2.71. The topological polar surface area (TPSA) is 83.5 Å². The molecule has 27 heavy (non-hydrogen) atoms. The van der Waals surface area contributed by atoms with Crippen LogP contribution in [0.4, 0.5) is 11.6 Å². The molecule has 0 spiro atoms. The highest BCUT2D eigenvalue weighted by Gasteiger charge is 2.24. The van der Waals surface area contributed by atoms with Crippen molar-refractivity contribution >= 4 is 27.6 Å². The smallest absolute Gasteiger partial charge is 0.265 e. The van der Waals surface area contributed by atoms with Crippen LogP contribution in [0.25, 0.3) is 0 Å². The summed E-state index contributed by atoms with van der Waals surface area (Å²) in [4.78, 5) is 23.1. The Balaban J connectivity index is 2.09. The second-order valence-electron chi connectivity index (χ2n) is 5.83. The number of amides is 1. The van der Waals surface area contributed by atoms with Crippen LogP contribution < -0.4 is 4.90 Å². The normalized spacial score (nSPS) is 11.4. The minimum atomic E-state index is -3.66. The molecule has 0 aliphatic heterocycles. The van der Waals surface area contributed by atoms with E-state index < -0.39 is 15.9 Å². The Kier molecular flexibility index (Phi) is 5.29. The van der Waals surface area contributed by atoms with Gasteiger partial charge in [0.1, 0.15) is 11.6 Å². The van der Waals surface area contributed by atoms with Crippen molar-refractivity contribution in [1.29, 1.82) is 0 Å². The molecule has 1 aromatic carbocycles. The number of nitrogens with zero attached hydrogens (tertiary/aromatic N) is 4. The molecule has 2 heterocycles. The van der Waals surface area contributed by atoms with E-state index in [2.05, 4.69) is 9.97 Å². The van der Waals surface area contributed by atoms with Crippen molar-refractivity contribution in [3.05, 3.63) is 78.6 Å². The highest BCUT2D eigenvalue weighted by molar-refractivity contribution is 7.89. The third-order valence-corrected chi connectivity index (χ3v) is 5.63. The monoisotopic (exact) mass is 382 g/mol. The fraction of sp³-hybridized carbons (Fsp3) is 0.105. The highest BCUT2D eigenvalue weighted by Crippen LogP contribution is 2.25. The summed E-state index contributed by atoms with van der Waals surface area (Å²) in [5.74, 6) is 0.354. The molecule has 0 saturated heterocycles. The molecular formula is C19H18N4O3S. The lowest BCUT2D eigenvalue weighted by atomic mass is 10.2. The third-order valence-electron chi connectivity index (χ3n) is 3.82. The number of hydrogen-bond donors (Lipinski definition) is 0. The second kappa shape index (κ2) is 7.65. The van der Waals surface area contributed by atoms with Gasteiger partial charge in [0.05, 0.1) is 4.90 Å². The zero-order valence-electron chi connectivity index (χ0n) is 14.9. The Morgan fingerprint density at radius 2 is 1.44 bits per heavy atom. The molecule has 0 radical (unpaired) electrons. The Hall–Kier alpha value is -3.10. The summed E-state index contributed by atoms with van der Waals surface area (Å²) in [6, 6.07) is 16.3. The summed E-state index contributed by atoms with van der Waals surface area (Å²) >= 11 is 0. The van der Waals surface area contributed by atoms with Gasteiger partial charge in [-0.3, -0.25) is 4.79 Å². The minimum Gasteiger partial charge on any atom is -0.268 e. The van der Waals surface area contributed by atoms with Gasteiger partial charge in [-0.1, -0.05) is 18.2 Å².